The van der Waals surface area contributed by atoms with Gasteiger partial charge in [-0.2, -0.15) is 5.01 Å². The summed E-state index contributed by atoms with van der Waals surface area (Å²) in [6, 6.07) is 16.7. The van der Waals surface area contributed by atoms with Gasteiger partial charge in [-0.3, -0.25) is 29.5 Å². The molecule has 262 valence electrons. The van der Waals surface area contributed by atoms with E-state index in [2.05, 4.69) is 5.43 Å². The molecule has 3 fully saturated rings. The number of allylic oxidation sites excluding steroid dienone is 3. The third-order valence-electron chi connectivity index (χ3n) is 11.3. The van der Waals surface area contributed by atoms with Gasteiger partial charge in [0.05, 0.1) is 47.3 Å². The Morgan fingerprint density at radius 2 is 1.76 bits per heavy atom. The van der Waals surface area contributed by atoms with Crippen LogP contribution in [-0.4, -0.2) is 52.3 Å². The van der Waals surface area contributed by atoms with E-state index in [1.54, 1.807) is 55.8 Å². The first kappa shape index (κ1) is 33.3. The van der Waals surface area contributed by atoms with Gasteiger partial charge in [-0.1, -0.05) is 53.9 Å². The number of benzene rings is 3. The van der Waals surface area contributed by atoms with Crippen molar-refractivity contribution < 1.29 is 33.8 Å². The summed E-state index contributed by atoms with van der Waals surface area (Å²) in [5.41, 5.74) is 4.67. The zero-order valence-corrected chi connectivity index (χ0v) is 29.4. The highest BCUT2D eigenvalue weighted by Gasteiger charge is 2.70. The molecule has 1 saturated carbocycles. The normalized spacial score (nSPS) is 28.0. The van der Waals surface area contributed by atoms with E-state index in [1.165, 1.54) is 11.0 Å². The number of likely N-dealkylation sites (tertiary alicyclic amines) is 1. The molecule has 4 amide bonds. The number of ether oxygens (including phenoxy) is 2. The first-order valence-corrected chi connectivity index (χ1v) is 17.8. The Balaban J connectivity index is 1.34. The molecular weight excluding hydrogens is 693 g/mol. The van der Waals surface area contributed by atoms with Gasteiger partial charge in [0.25, 0.3) is 11.8 Å². The molecule has 51 heavy (non-hydrogen) atoms. The molecule has 6 atom stereocenters. The highest BCUT2D eigenvalue weighted by atomic mass is 35.5. The van der Waals surface area contributed by atoms with Gasteiger partial charge in [0, 0.05) is 29.5 Å². The van der Waals surface area contributed by atoms with Crippen LogP contribution in [-0.2, 0) is 31.0 Å². The van der Waals surface area contributed by atoms with Crippen LogP contribution in [0, 0.1) is 29.6 Å². The Morgan fingerprint density at radius 1 is 0.980 bits per heavy atom. The Morgan fingerprint density at radius 3 is 2.49 bits per heavy atom. The summed E-state index contributed by atoms with van der Waals surface area (Å²) in [6.45, 7) is 2.25. The minimum atomic E-state index is -1.50. The average molecular weight is 729 g/mol. The van der Waals surface area contributed by atoms with E-state index >= 15 is 4.79 Å². The van der Waals surface area contributed by atoms with Crippen molar-refractivity contribution in [3.8, 4) is 17.2 Å². The van der Waals surface area contributed by atoms with Crippen molar-refractivity contribution >= 4 is 52.5 Å². The third kappa shape index (κ3) is 4.98. The van der Waals surface area contributed by atoms with E-state index in [0.717, 1.165) is 10.6 Å². The molecule has 2 saturated heterocycles. The number of hydrogen-bond acceptors (Lipinski definition) is 8. The standard InChI is InChI=1S/C39H35Cl2N3O7/c1-3-14-43-35(46)27-11-10-26-28(33(27)37(43)48)18-29-36(47)44(42-31-12-6-23(40)17-30(31)41)38(49)39(29,22-4-8-25(50-2)9-5-22)34(26)21-15-20-16-24(45)7-13-32(20)51-19-21/h4-10,12-13,16-17,19,27-29,33-34,42,45H,3,11,14-15,18H2,1-2H3/t27-,28+,29-,33-,34-,39+/m0/s1. The van der Waals surface area contributed by atoms with Gasteiger partial charge >= 0.3 is 0 Å². The molecule has 3 aromatic carbocycles. The Bertz CT molecular complexity index is 2060. The summed E-state index contributed by atoms with van der Waals surface area (Å²) in [6.07, 6.45) is 5.08. The number of halogens is 2. The second-order valence-corrected chi connectivity index (χ2v) is 14.7. The van der Waals surface area contributed by atoms with Crippen molar-refractivity contribution in [1.29, 1.82) is 0 Å². The SMILES string of the molecule is CCCN1C(=O)[C@H]2[C@H](CC=C3[C@H](C4=COc5ccc(O)cc5C4)[C@]4(c5ccc(OC)cc5)C(=O)N(Nc5ccc(Cl)cc5Cl)C(=O)[C@@H]4C[C@H]32)C1=O. The molecule has 0 bridgehead atoms. The van der Waals surface area contributed by atoms with E-state index in [1.807, 2.05) is 25.1 Å². The molecule has 10 nitrogen and oxygen atoms in total. The molecule has 3 heterocycles. The van der Waals surface area contributed by atoms with Crippen molar-refractivity contribution in [3.05, 3.63) is 105 Å². The molecule has 3 aromatic rings. The van der Waals surface area contributed by atoms with E-state index < -0.39 is 46.8 Å². The lowest BCUT2D eigenvalue weighted by Gasteiger charge is -2.51. The minimum Gasteiger partial charge on any atom is -0.508 e. The van der Waals surface area contributed by atoms with Crippen LogP contribution in [0.1, 0.15) is 37.3 Å². The number of rotatable bonds is 7. The van der Waals surface area contributed by atoms with E-state index in [4.69, 9.17) is 32.7 Å². The van der Waals surface area contributed by atoms with Crippen LogP contribution >= 0.6 is 23.2 Å². The molecule has 0 aromatic heterocycles. The first-order chi connectivity index (χ1) is 24.6. The number of carbonyl (C=O) groups excluding carboxylic acids is 4. The number of carbonyl (C=O) groups is 4. The summed E-state index contributed by atoms with van der Waals surface area (Å²) >= 11 is 12.7. The summed E-state index contributed by atoms with van der Waals surface area (Å²) in [7, 11) is 1.55. The van der Waals surface area contributed by atoms with Crippen LogP contribution in [0.15, 0.2) is 84.1 Å². The number of fused-ring (bicyclic) bond motifs is 5. The average Bonchev–Trinajstić information content (AvgIpc) is 3.49. The predicted octanol–water partition coefficient (Wildman–Crippen LogP) is 6.45. The summed E-state index contributed by atoms with van der Waals surface area (Å²) in [5.74, 6) is -3.60. The van der Waals surface area contributed by atoms with E-state index in [9.17, 15) is 19.5 Å². The number of phenolic OH excluding ortho intramolecular Hbond substituents is 1. The van der Waals surface area contributed by atoms with Crippen molar-refractivity contribution in [1.82, 2.24) is 9.91 Å². The van der Waals surface area contributed by atoms with Gasteiger partial charge in [0.15, 0.2) is 0 Å². The monoisotopic (exact) mass is 727 g/mol. The number of methoxy groups -OCH3 is 1. The van der Waals surface area contributed by atoms with E-state index in [-0.39, 0.29) is 29.0 Å². The minimum absolute atomic E-state index is 0.0657. The second-order valence-electron chi connectivity index (χ2n) is 13.8. The molecule has 0 unspecified atom stereocenters. The first-order valence-electron chi connectivity index (χ1n) is 17.1. The Hall–Kier alpha value is -4.80. The van der Waals surface area contributed by atoms with Crippen LogP contribution in [0.2, 0.25) is 10.0 Å². The van der Waals surface area contributed by atoms with Crippen molar-refractivity contribution in [2.75, 3.05) is 19.1 Å². The molecular formula is C39H35Cl2N3O7. The zero-order valence-electron chi connectivity index (χ0n) is 27.9. The molecule has 5 aliphatic rings. The highest BCUT2D eigenvalue weighted by molar-refractivity contribution is 6.36. The number of imide groups is 2. The van der Waals surface area contributed by atoms with Gasteiger partial charge in [-0.15, -0.1) is 0 Å². The predicted molar refractivity (Wildman–Crippen MR) is 189 cm³/mol. The van der Waals surface area contributed by atoms with Crippen LogP contribution in [0.3, 0.4) is 0 Å². The van der Waals surface area contributed by atoms with Crippen LogP contribution in [0.5, 0.6) is 17.2 Å². The number of hydrogen-bond donors (Lipinski definition) is 2. The van der Waals surface area contributed by atoms with Gasteiger partial charge in [-0.25, -0.2) is 0 Å². The van der Waals surface area contributed by atoms with Gasteiger partial charge in [-0.05, 0) is 84.8 Å². The van der Waals surface area contributed by atoms with Crippen LogP contribution in [0.25, 0.3) is 0 Å². The van der Waals surface area contributed by atoms with Crippen LogP contribution in [0.4, 0.5) is 5.69 Å². The second kappa shape index (κ2) is 12.5. The number of nitrogens with one attached hydrogen (secondary N) is 1. The molecule has 2 N–H and O–H groups in total. The highest BCUT2D eigenvalue weighted by Crippen LogP contribution is 2.63. The van der Waals surface area contributed by atoms with Crippen LogP contribution < -0.4 is 14.9 Å². The molecule has 2 aliphatic carbocycles. The maximum atomic E-state index is 15.4. The number of hydrazine groups is 1. The molecule has 0 spiro atoms. The van der Waals surface area contributed by atoms with Gasteiger partial charge < -0.3 is 14.6 Å². The number of amides is 4. The third-order valence-corrected chi connectivity index (χ3v) is 11.8. The van der Waals surface area contributed by atoms with Gasteiger partial charge in [0.1, 0.15) is 17.2 Å². The fourth-order valence-electron chi connectivity index (χ4n) is 9.17. The lowest BCUT2D eigenvalue weighted by Crippen LogP contribution is -2.55. The fraction of sp³-hybridized carbons (Fsp3) is 0.333. The topological polar surface area (TPSA) is 125 Å². The molecule has 12 heteroatoms. The molecule has 0 radical (unpaired) electrons. The molecule has 8 rings (SSSR count). The van der Waals surface area contributed by atoms with Crippen molar-refractivity contribution in [2.45, 2.75) is 38.0 Å². The maximum absolute atomic E-state index is 15.4. The van der Waals surface area contributed by atoms with Crippen molar-refractivity contribution in [3.63, 3.8) is 0 Å². The maximum Gasteiger partial charge on any atom is 0.260 e. The smallest absolute Gasteiger partial charge is 0.260 e. The van der Waals surface area contributed by atoms with E-state index in [0.29, 0.717) is 64.7 Å². The number of nitrogens with zero attached hydrogens (tertiary/aromatic N) is 2. The fourth-order valence-corrected chi connectivity index (χ4v) is 9.62. The summed E-state index contributed by atoms with van der Waals surface area (Å²) in [5, 5.41) is 12.1. The lowest BCUT2D eigenvalue weighted by molar-refractivity contribution is -0.141. The summed E-state index contributed by atoms with van der Waals surface area (Å²) < 4.78 is 11.6. The number of phenols is 1. The number of aromatic hydroxyl groups is 1. The van der Waals surface area contributed by atoms with Gasteiger partial charge in [0.2, 0.25) is 11.8 Å². The van der Waals surface area contributed by atoms with Crippen molar-refractivity contribution in [2.24, 2.45) is 29.6 Å². The Labute approximate surface area is 304 Å². The quantitative estimate of drug-likeness (QED) is 0.210. The Kier molecular flexibility index (Phi) is 8.14. The summed E-state index contributed by atoms with van der Waals surface area (Å²) in [4.78, 5) is 59.4. The number of anilines is 1. The molecule has 3 aliphatic heterocycles. The zero-order chi connectivity index (χ0) is 35.8. The largest absolute Gasteiger partial charge is 0.508 e. The lowest BCUT2D eigenvalue weighted by atomic mass is 9.48.